The Labute approximate surface area is 80.1 Å². The van der Waals surface area contributed by atoms with Gasteiger partial charge in [-0.1, -0.05) is 18.2 Å². The largest absolute Gasteiger partial charge is 0.454 e. The lowest BCUT2D eigenvalue weighted by molar-refractivity contribution is 0.667. The maximum Gasteiger partial charge on any atom is 0.155 e. The molecule has 0 saturated carbocycles. The molecule has 14 heavy (non-hydrogen) atoms. The van der Waals surface area contributed by atoms with Gasteiger partial charge in [-0.15, -0.1) is 0 Å². The SMILES string of the molecule is Nc1cncc2oc3ccccc3c12. The fourth-order valence-corrected chi connectivity index (χ4v) is 1.70. The van der Waals surface area contributed by atoms with E-state index in [9.17, 15) is 0 Å². The number of para-hydroxylation sites is 1. The molecule has 1 aromatic carbocycles. The number of furan rings is 1. The summed E-state index contributed by atoms with van der Waals surface area (Å²) in [4.78, 5) is 3.99. The normalized spacial score (nSPS) is 11.1. The lowest BCUT2D eigenvalue weighted by atomic mass is 10.2. The Kier molecular flexibility index (Phi) is 1.31. The molecule has 3 rings (SSSR count). The van der Waals surface area contributed by atoms with E-state index in [1.54, 1.807) is 12.4 Å². The molecule has 2 aromatic heterocycles. The van der Waals surface area contributed by atoms with Crippen molar-refractivity contribution in [2.75, 3.05) is 5.73 Å². The summed E-state index contributed by atoms with van der Waals surface area (Å²) in [5.74, 6) is 0. The Morgan fingerprint density at radius 2 is 1.93 bits per heavy atom. The minimum Gasteiger partial charge on any atom is -0.454 e. The number of nitrogens with two attached hydrogens (primary N) is 1. The van der Waals surface area contributed by atoms with Crippen LogP contribution in [0.25, 0.3) is 21.9 Å². The molecule has 3 nitrogen and oxygen atoms in total. The maximum absolute atomic E-state index is 5.84. The molecular weight excluding hydrogens is 176 g/mol. The number of hydrogen-bond acceptors (Lipinski definition) is 3. The van der Waals surface area contributed by atoms with Crippen LogP contribution in [0, 0.1) is 0 Å². The number of hydrogen-bond donors (Lipinski definition) is 1. The molecule has 0 aliphatic heterocycles. The summed E-state index contributed by atoms with van der Waals surface area (Å²) < 4.78 is 5.59. The van der Waals surface area contributed by atoms with Crippen LogP contribution >= 0.6 is 0 Å². The lowest BCUT2D eigenvalue weighted by Crippen LogP contribution is -1.85. The average molecular weight is 184 g/mol. The number of nitrogens with zero attached hydrogens (tertiary/aromatic N) is 1. The third-order valence-corrected chi connectivity index (χ3v) is 2.32. The monoisotopic (exact) mass is 184 g/mol. The first-order valence-corrected chi connectivity index (χ1v) is 4.37. The van der Waals surface area contributed by atoms with Gasteiger partial charge in [-0.3, -0.25) is 4.98 Å². The van der Waals surface area contributed by atoms with Gasteiger partial charge in [0.2, 0.25) is 0 Å². The highest BCUT2D eigenvalue weighted by Crippen LogP contribution is 2.31. The van der Waals surface area contributed by atoms with Crippen LogP contribution in [-0.4, -0.2) is 4.98 Å². The molecule has 0 fully saturated rings. The Balaban J connectivity index is 2.65. The molecule has 0 amide bonds. The van der Waals surface area contributed by atoms with E-state index in [1.165, 1.54) is 0 Å². The smallest absolute Gasteiger partial charge is 0.155 e. The molecule has 2 heterocycles. The number of aromatic nitrogens is 1. The third kappa shape index (κ3) is 0.836. The molecule has 0 aliphatic rings. The molecule has 0 aliphatic carbocycles. The van der Waals surface area contributed by atoms with E-state index in [1.807, 2.05) is 24.3 Å². The van der Waals surface area contributed by atoms with Crippen molar-refractivity contribution in [2.45, 2.75) is 0 Å². The number of pyridine rings is 1. The Bertz CT molecular complexity index is 613. The first kappa shape index (κ1) is 7.38. The number of benzene rings is 1. The molecule has 0 radical (unpaired) electrons. The highest BCUT2D eigenvalue weighted by atomic mass is 16.3. The van der Waals surface area contributed by atoms with E-state index in [0.29, 0.717) is 5.69 Å². The van der Waals surface area contributed by atoms with Crippen LogP contribution in [0.15, 0.2) is 41.1 Å². The molecule has 0 bridgehead atoms. The number of anilines is 1. The van der Waals surface area contributed by atoms with Crippen molar-refractivity contribution in [3.8, 4) is 0 Å². The van der Waals surface area contributed by atoms with E-state index in [4.69, 9.17) is 10.2 Å². The summed E-state index contributed by atoms with van der Waals surface area (Å²) in [7, 11) is 0. The van der Waals surface area contributed by atoms with Gasteiger partial charge in [0.15, 0.2) is 5.58 Å². The van der Waals surface area contributed by atoms with Crippen LogP contribution in [0.2, 0.25) is 0 Å². The van der Waals surface area contributed by atoms with Crippen LogP contribution in [0.4, 0.5) is 5.69 Å². The van der Waals surface area contributed by atoms with E-state index in [2.05, 4.69) is 4.98 Å². The van der Waals surface area contributed by atoms with E-state index < -0.39 is 0 Å². The third-order valence-electron chi connectivity index (χ3n) is 2.32. The van der Waals surface area contributed by atoms with Gasteiger partial charge in [0.25, 0.3) is 0 Å². The van der Waals surface area contributed by atoms with Gasteiger partial charge in [-0.2, -0.15) is 0 Å². The molecule has 3 aromatic rings. The summed E-state index contributed by atoms with van der Waals surface area (Å²) in [6, 6.07) is 7.83. The molecule has 3 heteroatoms. The Hall–Kier alpha value is -2.03. The zero-order chi connectivity index (χ0) is 9.54. The predicted octanol–water partition coefficient (Wildman–Crippen LogP) is 2.56. The Morgan fingerprint density at radius 1 is 1.07 bits per heavy atom. The van der Waals surface area contributed by atoms with Gasteiger partial charge < -0.3 is 10.2 Å². The zero-order valence-corrected chi connectivity index (χ0v) is 7.40. The second-order valence-corrected chi connectivity index (χ2v) is 3.20. The zero-order valence-electron chi connectivity index (χ0n) is 7.40. The summed E-state index contributed by atoms with van der Waals surface area (Å²) in [5, 5.41) is 2.00. The molecule has 2 N–H and O–H groups in total. The van der Waals surface area contributed by atoms with Crippen molar-refractivity contribution in [1.82, 2.24) is 4.98 Å². The molecule has 0 unspecified atom stereocenters. The molecule has 0 atom stereocenters. The van der Waals surface area contributed by atoms with Gasteiger partial charge in [0.1, 0.15) is 5.58 Å². The lowest BCUT2D eigenvalue weighted by Gasteiger charge is -1.92. The van der Waals surface area contributed by atoms with Crippen molar-refractivity contribution in [3.05, 3.63) is 36.7 Å². The number of nitrogen functional groups attached to an aromatic ring is 1. The predicted molar refractivity (Wildman–Crippen MR) is 55.9 cm³/mol. The van der Waals surface area contributed by atoms with Crippen LogP contribution in [0.3, 0.4) is 0 Å². The molecule has 0 spiro atoms. The summed E-state index contributed by atoms with van der Waals surface area (Å²) >= 11 is 0. The highest BCUT2D eigenvalue weighted by Gasteiger charge is 2.08. The second kappa shape index (κ2) is 2.48. The minimum atomic E-state index is 0.660. The van der Waals surface area contributed by atoms with E-state index >= 15 is 0 Å². The molecule has 0 saturated heterocycles. The topological polar surface area (TPSA) is 52.0 Å². The van der Waals surface area contributed by atoms with Crippen molar-refractivity contribution < 1.29 is 4.42 Å². The standard InChI is InChI=1S/C11H8N2O/c12-8-5-13-6-10-11(8)7-3-1-2-4-9(7)14-10/h1-6H,12H2. The van der Waals surface area contributed by atoms with Crippen molar-refractivity contribution >= 4 is 27.6 Å². The van der Waals surface area contributed by atoms with Crippen molar-refractivity contribution in [1.29, 1.82) is 0 Å². The first-order valence-electron chi connectivity index (χ1n) is 4.37. The highest BCUT2D eigenvalue weighted by molar-refractivity contribution is 6.10. The maximum atomic E-state index is 5.84. The van der Waals surface area contributed by atoms with Crippen molar-refractivity contribution in [3.63, 3.8) is 0 Å². The van der Waals surface area contributed by atoms with Gasteiger partial charge in [0, 0.05) is 5.39 Å². The summed E-state index contributed by atoms with van der Waals surface area (Å²) in [6.45, 7) is 0. The summed E-state index contributed by atoms with van der Waals surface area (Å²) in [5.41, 5.74) is 8.10. The first-order chi connectivity index (χ1) is 6.86. The fourth-order valence-electron chi connectivity index (χ4n) is 1.70. The molecule has 68 valence electrons. The fraction of sp³-hybridized carbons (Fsp3) is 0. The van der Waals surface area contributed by atoms with Crippen molar-refractivity contribution in [2.24, 2.45) is 0 Å². The Morgan fingerprint density at radius 3 is 2.86 bits per heavy atom. The number of rotatable bonds is 0. The second-order valence-electron chi connectivity index (χ2n) is 3.20. The van der Waals surface area contributed by atoms with Gasteiger partial charge in [0.05, 0.1) is 23.5 Å². The van der Waals surface area contributed by atoms with Gasteiger partial charge in [-0.25, -0.2) is 0 Å². The quantitative estimate of drug-likeness (QED) is 0.584. The summed E-state index contributed by atoms with van der Waals surface area (Å²) in [6.07, 6.45) is 3.33. The number of fused-ring (bicyclic) bond motifs is 3. The van der Waals surface area contributed by atoms with Crippen LogP contribution < -0.4 is 5.73 Å². The van der Waals surface area contributed by atoms with E-state index in [0.717, 1.165) is 21.9 Å². The van der Waals surface area contributed by atoms with Crippen LogP contribution in [-0.2, 0) is 0 Å². The molecular formula is C11H8N2O. The van der Waals surface area contributed by atoms with Gasteiger partial charge in [-0.05, 0) is 6.07 Å². The average Bonchev–Trinajstić information content (AvgIpc) is 2.57. The van der Waals surface area contributed by atoms with Gasteiger partial charge >= 0.3 is 0 Å². The minimum absolute atomic E-state index is 0.660. The van der Waals surface area contributed by atoms with Crippen LogP contribution in [0.5, 0.6) is 0 Å². The van der Waals surface area contributed by atoms with Crippen LogP contribution in [0.1, 0.15) is 0 Å². The van der Waals surface area contributed by atoms with E-state index in [-0.39, 0.29) is 0 Å².